The summed E-state index contributed by atoms with van der Waals surface area (Å²) in [5, 5.41) is 8.50. The maximum atomic E-state index is 8.50. The molecule has 1 aromatic rings. The highest BCUT2D eigenvalue weighted by molar-refractivity contribution is 8.93. The Morgan fingerprint density at radius 3 is 2.45 bits per heavy atom. The summed E-state index contributed by atoms with van der Waals surface area (Å²) in [5.74, 6) is 5.13. The second kappa shape index (κ2) is 4.72. The molecule has 0 aliphatic rings. The van der Waals surface area contributed by atoms with Gasteiger partial charge < -0.3 is 5.43 Å². The zero-order valence-electron chi connectivity index (χ0n) is 5.74. The van der Waals surface area contributed by atoms with Gasteiger partial charge >= 0.3 is 0 Å². The average Bonchev–Trinajstić information content (AvgIpc) is 2.04. The molecule has 0 fully saturated rings. The molecular weight excluding hydrogens is 206 g/mol. The summed E-state index contributed by atoms with van der Waals surface area (Å²) >= 11 is 0. The molecule has 0 aliphatic heterocycles. The topological polar surface area (TPSA) is 61.8 Å². The highest BCUT2D eigenvalue weighted by atomic mass is 79.9. The Morgan fingerprint density at radius 2 is 2.00 bits per heavy atom. The number of hydrazine groups is 1. The number of hydrogen-bond donors (Lipinski definition) is 2. The predicted molar refractivity (Wildman–Crippen MR) is 49.3 cm³/mol. The lowest BCUT2D eigenvalue weighted by Gasteiger charge is -1.99. The smallest absolute Gasteiger partial charge is 0.101 e. The van der Waals surface area contributed by atoms with Crippen LogP contribution in [-0.4, -0.2) is 0 Å². The van der Waals surface area contributed by atoms with E-state index in [4.69, 9.17) is 11.1 Å². The summed E-state index contributed by atoms with van der Waals surface area (Å²) in [7, 11) is 0. The van der Waals surface area contributed by atoms with Crippen LogP contribution in [0, 0.1) is 11.3 Å². The van der Waals surface area contributed by atoms with E-state index >= 15 is 0 Å². The zero-order chi connectivity index (χ0) is 7.40. The molecule has 58 valence electrons. The molecule has 0 heterocycles. The zero-order valence-corrected chi connectivity index (χ0v) is 7.46. The Kier molecular flexibility index (Phi) is 4.27. The van der Waals surface area contributed by atoms with Crippen LogP contribution in [0.4, 0.5) is 5.69 Å². The minimum absolute atomic E-state index is 0. The van der Waals surface area contributed by atoms with E-state index in [1.54, 1.807) is 18.2 Å². The number of anilines is 1. The van der Waals surface area contributed by atoms with Crippen LogP contribution in [-0.2, 0) is 0 Å². The first-order valence-corrected chi connectivity index (χ1v) is 2.84. The number of nitrogens with one attached hydrogen (secondary N) is 1. The maximum absolute atomic E-state index is 8.50. The molecule has 0 saturated carbocycles. The van der Waals surface area contributed by atoms with Crippen LogP contribution >= 0.6 is 17.0 Å². The Bertz CT molecular complexity index is 267. The van der Waals surface area contributed by atoms with Crippen LogP contribution in [0.2, 0.25) is 0 Å². The number of benzene rings is 1. The van der Waals surface area contributed by atoms with E-state index in [2.05, 4.69) is 5.43 Å². The molecule has 4 heteroatoms. The summed E-state index contributed by atoms with van der Waals surface area (Å²) in [4.78, 5) is 0. The van der Waals surface area contributed by atoms with Crippen molar-refractivity contribution in [3.05, 3.63) is 29.8 Å². The molecule has 11 heavy (non-hydrogen) atoms. The van der Waals surface area contributed by atoms with Crippen molar-refractivity contribution in [2.45, 2.75) is 0 Å². The van der Waals surface area contributed by atoms with Gasteiger partial charge in [0.25, 0.3) is 0 Å². The van der Waals surface area contributed by atoms with Gasteiger partial charge in [0.15, 0.2) is 0 Å². The highest BCUT2D eigenvalue weighted by Crippen LogP contribution is 2.10. The second-order valence-electron chi connectivity index (χ2n) is 1.80. The molecule has 0 bridgehead atoms. The monoisotopic (exact) mass is 213 g/mol. The van der Waals surface area contributed by atoms with E-state index in [1.165, 1.54) is 0 Å². The molecular formula is C7H8BrN3. The number of rotatable bonds is 1. The third-order valence-corrected chi connectivity index (χ3v) is 1.20. The number of nitrogens with zero attached hydrogens (tertiary/aromatic N) is 1. The van der Waals surface area contributed by atoms with Gasteiger partial charge in [0.2, 0.25) is 0 Å². The lowest BCUT2D eigenvalue weighted by atomic mass is 10.2. The van der Waals surface area contributed by atoms with E-state index in [1.807, 2.05) is 12.1 Å². The van der Waals surface area contributed by atoms with Gasteiger partial charge in [-0.05, 0) is 12.1 Å². The Morgan fingerprint density at radius 1 is 1.36 bits per heavy atom. The van der Waals surface area contributed by atoms with Gasteiger partial charge in [-0.3, -0.25) is 5.84 Å². The number of hydrogen-bond acceptors (Lipinski definition) is 3. The van der Waals surface area contributed by atoms with Gasteiger partial charge in [0.05, 0.1) is 11.3 Å². The van der Waals surface area contributed by atoms with Crippen molar-refractivity contribution in [1.82, 2.24) is 0 Å². The van der Waals surface area contributed by atoms with Gasteiger partial charge in [-0.2, -0.15) is 5.26 Å². The first-order chi connectivity index (χ1) is 4.88. The van der Waals surface area contributed by atoms with E-state index in [-0.39, 0.29) is 17.0 Å². The third-order valence-electron chi connectivity index (χ3n) is 1.20. The van der Waals surface area contributed by atoms with E-state index in [9.17, 15) is 0 Å². The van der Waals surface area contributed by atoms with Gasteiger partial charge in [0, 0.05) is 0 Å². The van der Waals surface area contributed by atoms with Crippen molar-refractivity contribution in [3.63, 3.8) is 0 Å². The number of para-hydroxylation sites is 1. The average molecular weight is 214 g/mol. The molecule has 0 spiro atoms. The molecule has 0 atom stereocenters. The standard InChI is InChI=1S/C7H7N3.BrH/c8-5-6-3-1-2-4-7(6)10-9;/h1-4,10H,9H2;1H. The minimum atomic E-state index is 0. The van der Waals surface area contributed by atoms with Crippen molar-refractivity contribution in [2.24, 2.45) is 5.84 Å². The molecule has 0 amide bonds. The second-order valence-corrected chi connectivity index (χ2v) is 1.80. The number of nitrogen functional groups attached to an aromatic ring is 1. The first-order valence-electron chi connectivity index (χ1n) is 2.84. The van der Waals surface area contributed by atoms with Crippen molar-refractivity contribution in [3.8, 4) is 6.07 Å². The molecule has 0 unspecified atom stereocenters. The quantitative estimate of drug-likeness (QED) is 0.548. The van der Waals surface area contributed by atoms with Crippen LogP contribution in [0.3, 0.4) is 0 Å². The number of nitrogens with two attached hydrogens (primary N) is 1. The Balaban J connectivity index is 0.000001000. The van der Waals surface area contributed by atoms with Gasteiger partial charge in [-0.15, -0.1) is 17.0 Å². The number of halogens is 1. The van der Waals surface area contributed by atoms with E-state index < -0.39 is 0 Å². The lowest BCUT2D eigenvalue weighted by Crippen LogP contribution is -2.07. The first kappa shape index (κ1) is 9.95. The molecule has 3 N–H and O–H groups in total. The maximum Gasteiger partial charge on any atom is 0.101 e. The van der Waals surface area contributed by atoms with E-state index in [0.29, 0.717) is 11.3 Å². The molecule has 1 aromatic carbocycles. The Labute approximate surface area is 75.6 Å². The Hall–Kier alpha value is -1.05. The normalized spacial score (nSPS) is 7.64. The van der Waals surface area contributed by atoms with Crippen molar-refractivity contribution in [2.75, 3.05) is 5.43 Å². The van der Waals surface area contributed by atoms with Gasteiger partial charge in [0.1, 0.15) is 6.07 Å². The van der Waals surface area contributed by atoms with Crippen LogP contribution < -0.4 is 11.3 Å². The fourth-order valence-corrected chi connectivity index (χ4v) is 0.706. The summed E-state index contributed by atoms with van der Waals surface area (Å²) in [6, 6.07) is 9.06. The molecule has 1 rings (SSSR count). The molecule has 0 aliphatic carbocycles. The van der Waals surface area contributed by atoms with Crippen molar-refractivity contribution >= 4 is 22.7 Å². The van der Waals surface area contributed by atoms with E-state index in [0.717, 1.165) is 0 Å². The van der Waals surface area contributed by atoms with Gasteiger partial charge in [-0.25, -0.2) is 0 Å². The SMILES string of the molecule is Br.N#Cc1ccccc1NN. The molecule has 0 radical (unpaired) electrons. The minimum Gasteiger partial charge on any atom is -0.323 e. The lowest BCUT2D eigenvalue weighted by molar-refractivity contribution is 1.33. The van der Waals surface area contributed by atoms with Crippen LogP contribution in [0.5, 0.6) is 0 Å². The highest BCUT2D eigenvalue weighted by Gasteiger charge is 1.94. The molecule has 0 saturated heterocycles. The van der Waals surface area contributed by atoms with Crippen LogP contribution in [0.15, 0.2) is 24.3 Å². The molecule has 0 aromatic heterocycles. The van der Waals surface area contributed by atoms with Gasteiger partial charge in [-0.1, -0.05) is 12.1 Å². The fraction of sp³-hybridized carbons (Fsp3) is 0. The van der Waals surface area contributed by atoms with Crippen LogP contribution in [0.1, 0.15) is 5.56 Å². The summed E-state index contributed by atoms with van der Waals surface area (Å²) in [6.45, 7) is 0. The summed E-state index contributed by atoms with van der Waals surface area (Å²) in [5.41, 5.74) is 3.64. The van der Waals surface area contributed by atoms with Crippen molar-refractivity contribution in [1.29, 1.82) is 5.26 Å². The fourth-order valence-electron chi connectivity index (χ4n) is 0.706. The summed E-state index contributed by atoms with van der Waals surface area (Å²) < 4.78 is 0. The number of nitriles is 1. The third kappa shape index (κ3) is 2.22. The van der Waals surface area contributed by atoms with Crippen LogP contribution in [0.25, 0.3) is 0 Å². The predicted octanol–water partition coefficient (Wildman–Crippen LogP) is 1.42. The molecule has 3 nitrogen and oxygen atoms in total. The summed E-state index contributed by atoms with van der Waals surface area (Å²) in [6.07, 6.45) is 0. The van der Waals surface area contributed by atoms with Crippen molar-refractivity contribution < 1.29 is 0 Å². The largest absolute Gasteiger partial charge is 0.323 e.